The van der Waals surface area contributed by atoms with E-state index in [1.165, 1.54) is 11.1 Å². The number of aromatic nitrogens is 3. The Balaban J connectivity index is 1.89. The molecule has 0 spiro atoms. The fourth-order valence-electron chi connectivity index (χ4n) is 2.86. The zero-order valence-corrected chi connectivity index (χ0v) is 16.6. The van der Waals surface area contributed by atoms with Crippen LogP contribution in [-0.2, 0) is 6.54 Å². The van der Waals surface area contributed by atoms with Gasteiger partial charge in [-0.3, -0.25) is 4.98 Å². The van der Waals surface area contributed by atoms with Gasteiger partial charge in [-0.2, -0.15) is 4.98 Å². The first-order valence-corrected chi connectivity index (χ1v) is 9.52. The van der Waals surface area contributed by atoms with E-state index in [0.717, 1.165) is 17.1 Å². The lowest BCUT2D eigenvalue weighted by atomic mass is 10.1. The molecule has 0 saturated carbocycles. The maximum absolute atomic E-state index is 9.65. The molecule has 28 heavy (non-hydrogen) atoms. The number of pyridine rings is 1. The topological polar surface area (TPSA) is 83.0 Å². The fraction of sp³-hybridized carbons (Fsp3) is 0.318. The lowest BCUT2D eigenvalue weighted by Crippen LogP contribution is -2.30. The van der Waals surface area contributed by atoms with Crippen LogP contribution in [0.25, 0.3) is 11.3 Å². The minimum atomic E-state index is -0.114. The summed E-state index contributed by atoms with van der Waals surface area (Å²) in [5, 5.41) is 16.3. The van der Waals surface area contributed by atoms with E-state index in [0.29, 0.717) is 12.5 Å². The van der Waals surface area contributed by atoms with E-state index in [1.54, 1.807) is 12.4 Å². The minimum absolute atomic E-state index is 0.0203. The van der Waals surface area contributed by atoms with Crippen molar-refractivity contribution < 1.29 is 5.11 Å². The summed E-state index contributed by atoms with van der Waals surface area (Å²) in [6.07, 6.45) is 3.49. The summed E-state index contributed by atoms with van der Waals surface area (Å²) in [4.78, 5) is 13.3. The van der Waals surface area contributed by atoms with E-state index < -0.39 is 0 Å². The van der Waals surface area contributed by atoms with Crippen LogP contribution in [0.4, 0.5) is 11.8 Å². The minimum Gasteiger partial charge on any atom is -0.394 e. The Hall–Kier alpha value is -2.99. The van der Waals surface area contributed by atoms with E-state index in [2.05, 4.69) is 58.5 Å². The lowest BCUT2D eigenvalue weighted by Gasteiger charge is -2.20. The second kappa shape index (κ2) is 9.28. The number of hydrogen-bond acceptors (Lipinski definition) is 6. The number of aliphatic hydroxyl groups excluding tert-OH is 1. The molecule has 0 aliphatic heterocycles. The Morgan fingerprint density at radius 2 is 1.79 bits per heavy atom. The number of rotatable bonds is 8. The third kappa shape index (κ3) is 5.04. The largest absolute Gasteiger partial charge is 0.394 e. The first-order chi connectivity index (χ1) is 13.6. The van der Waals surface area contributed by atoms with Crippen LogP contribution in [0.5, 0.6) is 0 Å². The van der Waals surface area contributed by atoms with Crippen molar-refractivity contribution in [3.8, 4) is 11.3 Å². The number of nitrogens with zero attached hydrogens (tertiary/aromatic N) is 3. The SMILES string of the molecule is Cc1ccccc1CNc1cc(-c2ccncc2)nc(N[C@H](CO)C(C)C)n1. The van der Waals surface area contributed by atoms with Crippen molar-refractivity contribution in [2.24, 2.45) is 5.92 Å². The Morgan fingerprint density at radius 3 is 2.46 bits per heavy atom. The second-order valence-corrected chi connectivity index (χ2v) is 7.16. The standard InChI is InChI=1S/C22H27N5O/c1-15(2)20(14-28)26-22-25-19(17-8-10-23-11-9-17)12-21(27-22)24-13-18-7-5-4-6-16(18)3/h4-12,15,20,28H,13-14H2,1-3H3,(H2,24,25,26,27)/t20-/m1/s1. The van der Waals surface area contributed by atoms with Crippen molar-refractivity contribution in [1.82, 2.24) is 15.0 Å². The summed E-state index contributed by atoms with van der Waals surface area (Å²) < 4.78 is 0. The Bertz CT molecular complexity index is 898. The third-order valence-corrected chi connectivity index (χ3v) is 4.74. The summed E-state index contributed by atoms with van der Waals surface area (Å²) in [7, 11) is 0. The van der Waals surface area contributed by atoms with Crippen LogP contribution in [0.2, 0.25) is 0 Å². The first-order valence-electron chi connectivity index (χ1n) is 9.52. The number of aliphatic hydroxyl groups is 1. The molecular formula is C22H27N5O. The molecule has 2 heterocycles. The van der Waals surface area contributed by atoms with Crippen LogP contribution in [0, 0.1) is 12.8 Å². The molecular weight excluding hydrogens is 350 g/mol. The monoisotopic (exact) mass is 377 g/mol. The molecule has 2 aromatic heterocycles. The number of anilines is 2. The van der Waals surface area contributed by atoms with Gasteiger partial charge >= 0.3 is 0 Å². The van der Waals surface area contributed by atoms with Crippen molar-refractivity contribution in [3.05, 3.63) is 66.0 Å². The molecule has 146 valence electrons. The van der Waals surface area contributed by atoms with E-state index in [1.807, 2.05) is 30.3 Å². The Morgan fingerprint density at radius 1 is 1.04 bits per heavy atom. The number of benzene rings is 1. The number of aryl methyl sites for hydroxylation is 1. The molecule has 1 aromatic carbocycles. The van der Waals surface area contributed by atoms with E-state index in [-0.39, 0.29) is 18.6 Å². The molecule has 0 aliphatic carbocycles. The molecule has 0 unspecified atom stereocenters. The molecule has 1 atom stereocenters. The van der Waals surface area contributed by atoms with Crippen LogP contribution < -0.4 is 10.6 Å². The van der Waals surface area contributed by atoms with Crippen LogP contribution in [0.3, 0.4) is 0 Å². The van der Waals surface area contributed by atoms with Crippen LogP contribution in [0.1, 0.15) is 25.0 Å². The molecule has 0 aliphatic rings. The predicted molar refractivity (Wildman–Crippen MR) is 113 cm³/mol. The highest BCUT2D eigenvalue weighted by Crippen LogP contribution is 2.22. The summed E-state index contributed by atoms with van der Waals surface area (Å²) in [5.74, 6) is 1.48. The lowest BCUT2D eigenvalue weighted by molar-refractivity contribution is 0.248. The zero-order valence-electron chi connectivity index (χ0n) is 16.6. The van der Waals surface area contributed by atoms with Gasteiger partial charge in [0.2, 0.25) is 5.95 Å². The predicted octanol–water partition coefficient (Wildman–Crippen LogP) is 3.89. The zero-order chi connectivity index (χ0) is 19.9. The van der Waals surface area contributed by atoms with Gasteiger partial charge in [0.05, 0.1) is 18.3 Å². The molecule has 6 heteroatoms. The molecule has 6 nitrogen and oxygen atoms in total. The smallest absolute Gasteiger partial charge is 0.225 e. The molecule has 0 bridgehead atoms. The number of hydrogen-bond donors (Lipinski definition) is 3. The van der Waals surface area contributed by atoms with E-state index in [4.69, 9.17) is 0 Å². The van der Waals surface area contributed by atoms with Gasteiger partial charge in [-0.05, 0) is 36.1 Å². The van der Waals surface area contributed by atoms with Gasteiger partial charge in [0, 0.05) is 30.6 Å². The van der Waals surface area contributed by atoms with Crippen LogP contribution in [0.15, 0.2) is 54.9 Å². The van der Waals surface area contributed by atoms with Crippen molar-refractivity contribution in [1.29, 1.82) is 0 Å². The highest BCUT2D eigenvalue weighted by atomic mass is 16.3. The number of nitrogens with one attached hydrogen (secondary N) is 2. The molecule has 3 N–H and O–H groups in total. The van der Waals surface area contributed by atoms with Crippen molar-refractivity contribution in [2.75, 3.05) is 17.2 Å². The molecule has 0 fully saturated rings. The van der Waals surface area contributed by atoms with Gasteiger partial charge in [-0.15, -0.1) is 0 Å². The van der Waals surface area contributed by atoms with Gasteiger partial charge in [0.15, 0.2) is 0 Å². The summed E-state index contributed by atoms with van der Waals surface area (Å²) in [6, 6.07) is 13.9. The highest BCUT2D eigenvalue weighted by Gasteiger charge is 2.15. The van der Waals surface area contributed by atoms with Crippen LogP contribution >= 0.6 is 0 Å². The summed E-state index contributed by atoms with van der Waals surface area (Å²) >= 11 is 0. The molecule has 0 saturated heterocycles. The van der Waals surface area contributed by atoms with Crippen molar-refractivity contribution in [2.45, 2.75) is 33.4 Å². The Labute approximate surface area is 166 Å². The normalized spacial score (nSPS) is 12.0. The first kappa shape index (κ1) is 19.8. The maximum atomic E-state index is 9.65. The summed E-state index contributed by atoms with van der Waals surface area (Å²) in [6.45, 7) is 6.90. The van der Waals surface area contributed by atoms with E-state index in [9.17, 15) is 5.11 Å². The van der Waals surface area contributed by atoms with E-state index >= 15 is 0 Å². The second-order valence-electron chi connectivity index (χ2n) is 7.16. The molecule has 0 radical (unpaired) electrons. The molecule has 3 aromatic rings. The maximum Gasteiger partial charge on any atom is 0.225 e. The summed E-state index contributed by atoms with van der Waals surface area (Å²) in [5.41, 5.74) is 4.21. The molecule has 0 amide bonds. The average molecular weight is 377 g/mol. The van der Waals surface area contributed by atoms with Gasteiger partial charge < -0.3 is 15.7 Å². The van der Waals surface area contributed by atoms with Crippen molar-refractivity contribution in [3.63, 3.8) is 0 Å². The van der Waals surface area contributed by atoms with Gasteiger partial charge in [0.1, 0.15) is 5.82 Å². The van der Waals surface area contributed by atoms with Gasteiger partial charge in [0.25, 0.3) is 0 Å². The third-order valence-electron chi connectivity index (χ3n) is 4.74. The quantitative estimate of drug-likeness (QED) is 0.552. The average Bonchev–Trinajstić information content (AvgIpc) is 2.71. The van der Waals surface area contributed by atoms with Crippen molar-refractivity contribution >= 4 is 11.8 Å². The Kier molecular flexibility index (Phi) is 6.55. The van der Waals surface area contributed by atoms with Gasteiger partial charge in [-0.1, -0.05) is 38.1 Å². The molecule has 3 rings (SSSR count). The van der Waals surface area contributed by atoms with Crippen LogP contribution in [-0.4, -0.2) is 32.7 Å². The van der Waals surface area contributed by atoms with Gasteiger partial charge in [-0.25, -0.2) is 4.98 Å². The highest BCUT2D eigenvalue weighted by molar-refractivity contribution is 5.64. The fourth-order valence-corrected chi connectivity index (χ4v) is 2.86.